The summed E-state index contributed by atoms with van der Waals surface area (Å²) in [6, 6.07) is 9.04. The van der Waals surface area contributed by atoms with Gasteiger partial charge in [-0.15, -0.1) is 0 Å². The number of hydrogen-bond donors (Lipinski definition) is 1. The third-order valence-electron chi connectivity index (χ3n) is 2.27. The molecule has 1 rings (SSSR count). The van der Waals surface area contributed by atoms with Crippen molar-refractivity contribution in [3.05, 3.63) is 35.9 Å². The Kier molecular flexibility index (Phi) is 4.48. The molecule has 0 aromatic heterocycles. The Morgan fingerprint density at radius 2 is 1.78 bits per heavy atom. The number of aliphatic carboxylic acids is 1. The number of hydrogen-bond acceptors (Lipinski definition) is 3. The molecular formula is C14H18O4. The van der Waals surface area contributed by atoms with E-state index in [1.54, 1.807) is 32.9 Å². The van der Waals surface area contributed by atoms with E-state index in [-0.39, 0.29) is 6.42 Å². The molecule has 1 atom stereocenters. The molecule has 0 unspecified atom stereocenters. The van der Waals surface area contributed by atoms with Gasteiger partial charge in [0, 0.05) is 0 Å². The van der Waals surface area contributed by atoms with Gasteiger partial charge < -0.3 is 9.84 Å². The summed E-state index contributed by atoms with van der Waals surface area (Å²) in [7, 11) is 0. The smallest absolute Gasteiger partial charge is 0.321 e. The lowest BCUT2D eigenvalue weighted by atomic mass is 9.99. The van der Waals surface area contributed by atoms with Gasteiger partial charge in [0.25, 0.3) is 0 Å². The van der Waals surface area contributed by atoms with Crippen LogP contribution < -0.4 is 0 Å². The highest BCUT2D eigenvalue weighted by Crippen LogP contribution is 2.15. The molecule has 18 heavy (non-hydrogen) atoms. The van der Waals surface area contributed by atoms with Gasteiger partial charge in [-0.1, -0.05) is 30.3 Å². The largest absolute Gasteiger partial charge is 0.481 e. The second kappa shape index (κ2) is 5.67. The van der Waals surface area contributed by atoms with Crippen molar-refractivity contribution in [1.82, 2.24) is 0 Å². The van der Waals surface area contributed by atoms with Crippen molar-refractivity contribution in [3.63, 3.8) is 0 Å². The summed E-state index contributed by atoms with van der Waals surface area (Å²) in [4.78, 5) is 22.9. The molecule has 0 aliphatic heterocycles. The SMILES string of the molecule is CC(C)(C)OC(=O)[C@H](Cc1ccccc1)C(=O)O. The van der Waals surface area contributed by atoms with E-state index in [2.05, 4.69) is 0 Å². The minimum Gasteiger partial charge on any atom is -0.481 e. The lowest BCUT2D eigenvalue weighted by Crippen LogP contribution is -2.33. The molecule has 0 spiro atoms. The standard InChI is InChI=1S/C14H18O4/c1-14(2,3)18-13(17)11(12(15)16)9-10-7-5-4-6-8-10/h4-8,11H,9H2,1-3H3,(H,15,16)/t11-/m1/s1. The first-order chi connectivity index (χ1) is 8.29. The average Bonchev–Trinajstić information content (AvgIpc) is 2.24. The second-order valence-electron chi connectivity index (χ2n) is 5.11. The Hall–Kier alpha value is -1.84. The van der Waals surface area contributed by atoms with E-state index in [0.717, 1.165) is 5.56 Å². The number of esters is 1. The highest BCUT2D eigenvalue weighted by atomic mass is 16.6. The van der Waals surface area contributed by atoms with E-state index in [0.29, 0.717) is 0 Å². The molecule has 0 bridgehead atoms. The highest BCUT2D eigenvalue weighted by molar-refractivity contribution is 5.94. The van der Waals surface area contributed by atoms with Crippen molar-refractivity contribution in [3.8, 4) is 0 Å². The minimum absolute atomic E-state index is 0.144. The topological polar surface area (TPSA) is 63.6 Å². The summed E-state index contributed by atoms with van der Waals surface area (Å²) in [5.41, 5.74) is 0.123. The van der Waals surface area contributed by atoms with Gasteiger partial charge in [-0.25, -0.2) is 0 Å². The number of carbonyl (C=O) groups is 2. The van der Waals surface area contributed by atoms with Crippen molar-refractivity contribution in [1.29, 1.82) is 0 Å². The fraction of sp³-hybridized carbons (Fsp3) is 0.429. The van der Waals surface area contributed by atoms with Gasteiger partial charge in [0.2, 0.25) is 0 Å². The maximum Gasteiger partial charge on any atom is 0.321 e. The molecule has 0 fully saturated rings. The summed E-state index contributed by atoms with van der Waals surface area (Å²) in [6.07, 6.45) is 0.144. The van der Waals surface area contributed by atoms with Crippen LogP contribution in [0.3, 0.4) is 0 Å². The van der Waals surface area contributed by atoms with Gasteiger partial charge in [-0.05, 0) is 32.8 Å². The van der Waals surface area contributed by atoms with Crippen molar-refractivity contribution in [2.45, 2.75) is 32.8 Å². The molecule has 0 amide bonds. The van der Waals surface area contributed by atoms with Crippen LogP contribution in [-0.2, 0) is 20.7 Å². The molecule has 98 valence electrons. The minimum atomic E-state index is -1.16. The van der Waals surface area contributed by atoms with Crippen LogP contribution in [0.25, 0.3) is 0 Å². The van der Waals surface area contributed by atoms with Crippen molar-refractivity contribution < 1.29 is 19.4 Å². The first-order valence-corrected chi connectivity index (χ1v) is 5.79. The molecule has 0 saturated carbocycles. The maximum atomic E-state index is 11.8. The van der Waals surface area contributed by atoms with Crippen LogP contribution in [0.2, 0.25) is 0 Å². The molecule has 0 aliphatic rings. The Balaban J connectivity index is 2.78. The third-order valence-corrected chi connectivity index (χ3v) is 2.27. The van der Waals surface area contributed by atoms with Crippen molar-refractivity contribution in [2.75, 3.05) is 0 Å². The van der Waals surface area contributed by atoms with Crippen molar-refractivity contribution in [2.24, 2.45) is 5.92 Å². The molecule has 0 aliphatic carbocycles. The highest BCUT2D eigenvalue weighted by Gasteiger charge is 2.31. The lowest BCUT2D eigenvalue weighted by Gasteiger charge is -2.22. The third kappa shape index (κ3) is 4.57. The van der Waals surface area contributed by atoms with E-state index in [4.69, 9.17) is 9.84 Å². The maximum absolute atomic E-state index is 11.8. The average molecular weight is 250 g/mol. The van der Waals surface area contributed by atoms with Gasteiger partial charge >= 0.3 is 11.9 Å². The summed E-state index contributed by atoms with van der Waals surface area (Å²) in [6.45, 7) is 5.14. The molecule has 4 nitrogen and oxygen atoms in total. The molecule has 1 N–H and O–H groups in total. The Morgan fingerprint density at radius 3 is 2.22 bits per heavy atom. The number of carboxylic acid groups (broad SMARTS) is 1. The van der Waals surface area contributed by atoms with Gasteiger partial charge in [0.15, 0.2) is 5.92 Å². The lowest BCUT2D eigenvalue weighted by molar-refractivity contribution is -0.166. The first kappa shape index (κ1) is 14.2. The Morgan fingerprint density at radius 1 is 1.22 bits per heavy atom. The molecule has 0 saturated heterocycles. The molecule has 0 heterocycles. The number of rotatable bonds is 4. The molecule has 0 radical (unpaired) electrons. The van der Waals surface area contributed by atoms with E-state index < -0.39 is 23.5 Å². The summed E-state index contributed by atoms with van der Waals surface area (Å²) in [5.74, 6) is -3.02. The van der Waals surface area contributed by atoms with Crippen LogP contribution >= 0.6 is 0 Å². The first-order valence-electron chi connectivity index (χ1n) is 5.79. The zero-order chi connectivity index (χ0) is 13.8. The number of carbonyl (C=O) groups excluding carboxylic acids is 1. The number of ether oxygens (including phenoxy) is 1. The van der Waals surface area contributed by atoms with E-state index in [1.165, 1.54) is 0 Å². The Labute approximate surface area is 107 Å². The zero-order valence-corrected chi connectivity index (χ0v) is 10.8. The van der Waals surface area contributed by atoms with E-state index in [9.17, 15) is 9.59 Å². The molecule has 1 aromatic carbocycles. The number of carboxylic acids is 1. The Bertz CT molecular complexity index is 417. The monoisotopic (exact) mass is 250 g/mol. The van der Waals surface area contributed by atoms with Crippen LogP contribution in [-0.4, -0.2) is 22.6 Å². The van der Waals surface area contributed by atoms with E-state index in [1.807, 2.05) is 18.2 Å². The van der Waals surface area contributed by atoms with Gasteiger partial charge in [-0.3, -0.25) is 9.59 Å². The molecule has 1 aromatic rings. The van der Waals surface area contributed by atoms with E-state index >= 15 is 0 Å². The fourth-order valence-corrected chi connectivity index (χ4v) is 1.49. The fourth-order valence-electron chi connectivity index (χ4n) is 1.49. The van der Waals surface area contributed by atoms with Crippen molar-refractivity contribution >= 4 is 11.9 Å². The van der Waals surface area contributed by atoms with Crippen LogP contribution in [0.1, 0.15) is 26.3 Å². The summed E-state index contributed by atoms with van der Waals surface area (Å²) in [5, 5.41) is 9.10. The predicted octanol–water partition coefficient (Wildman–Crippen LogP) is 2.27. The van der Waals surface area contributed by atoms with Gasteiger partial charge in [-0.2, -0.15) is 0 Å². The molecular weight excluding hydrogens is 232 g/mol. The summed E-state index contributed by atoms with van der Waals surface area (Å²) >= 11 is 0. The molecule has 4 heteroatoms. The van der Waals surface area contributed by atoms with Crippen LogP contribution in [0, 0.1) is 5.92 Å². The van der Waals surface area contributed by atoms with Crippen LogP contribution in [0.4, 0.5) is 0 Å². The zero-order valence-electron chi connectivity index (χ0n) is 10.8. The second-order valence-corrected chi connectivity index (χ2v) is 5.11. The predicted molar refractivity (Wildman–Crippen MR) is 67.1 cm³/mol. The summed E-state index contributed by atoms with van der Waals surface area (Å²) < 4.78 is 5.11. The van der Waals surface area contributed by atoms with Gasteiger partial charge in [0.1, 0.15) is 5.60 Å². The quantitative estimate of drug-likeness (QED) is 0.657. The van der Waals surface area contributed by atoms with Crippen LogP contribution in [0.5, 0.6) is 0 Å². The normalized spacial score (nSPS) is 12.8. The number of benzene rings is 1. The van der Waals surface area contributed by atoms with Gasteiger partial charge in [0.05, 0.1) is 0 Å². The van der Waals surface area contributed by atoms with Crippen LogP contribution in [0.15, 0.2) is 30.3 Å².